The molecule has 0 saturated heterocycles. The molecule has 110 valence electrons. The number of esters is 1. The van der Waals surface area contributed by atoms with Gasteiger partial charge in [0.15, 0.2) is 0 Å². The summed E-state index contributed by atoms with van der Waals surface area (Å²) in [5.41, 5.74) is -0.494. The molecule has 1 saturated carbocycles. The lowest BCUT2D eigenvalue weighted by Gasteiger charge is -2.32. The van der Waals surface area contributed by atoms with Crippen molar-refractivity contribution in [3.8, 4) is 0 Å². The summed E-state index contributed by atoms with van der Waals surface area (Å²) in [6.45, 7) is 7.78. The Labute approximate surface area is 114 Å². The molecule has 1 unspecified atom stereocenters. The second-order valence-electron chi connectivity index (χ2n) is 6.04. The SMILES string of the molecule is CCOC(=O)C(C(=O)N(CCO)C1CC1)C(C)(C)C. The normalized spacial score (nSPS) is 16.9. The Kier molecular flexibility index (Phi) is 5.35. The van der Waals surface area contributed by atoms with E-state index in [1.165, 1.54) is 0 Å². The average molecular weight is 271 g/mol. The quantitative estimate of drug-likeness (QED) is 0.582. The van der Waals surface area contributed by atoms with Crippen LogP contribution in [0.3, 0.4) is 0 Å². The predicted molar refractivity (Wildman–Crippen MR) is 71.4 cm³/mol. The Balaban J connectivity index is 2.89. The van der Waals surface area contributed by atoms with Gasteiger partial charge in [0.05, 0.1) is 13.2 Å². The summed E-state index contributed by atoms with van der Waals surface area (Å²) in [5.74, 6) is -1.49. The van der Waals surface area contributed by atoms with Crippen molar-refractivity contribution in [1.29, 1.82) is 0 Å². The van der Waals surface area contributed by atoms with Crippen molar-refractivity contribution < 1.29 is 19.4 Å². The summed E-state index contributed by atoms with van der Waals surface area (Å²) in [5, 5.41) is 9.08. The van der Waals surface area contributed by atoms with Crippen LogP contribution in [0.5, 0.6) is 0 Å². The number of aliphatic hydroxyl groups excluding tert-OH is 1. The Morgan fingerprint density at radius 2 is 1.95 bits per heavy atom. The number of hydrogen-bond acceptors (Lipinski definition) is 4. The molecule has 1 rings (SSSR count). The Bertz CT molecular complexity index is 331. The van der Waals surface area contributed by atoms with Gasteiger partial charge in [-0.1, -0.05) is 20.8 Å². The van der Waals surface area contributed by atoms with Crippen LogP contribution >= 0.6 is 0 Å². The van der Waals surface area contributed by atoms with Crippen molar-refractivity contribution >= 4 is 11.9 Å². The largest absolute Gasteiger partial charge is 0.465 e. The summed E-state index contributed by atoms with van der Waals surface area (Å²) in [6, 6.07) is 0.180. The van der Waals surface area contributed by atoms with Gasteiger partial charge >= 0.3 is 5.97 Å². The van der Waals surface area contributed by atoms with Crippen LogP contribution in [0, 0.1) is 11.3 Å². The van der Waals surface area contributed by atoms with Gasteiger partial charge < -0.3 is 14.7 Å². The van der Waals surface area contributed by atoms with Crippen LogP contribution in [0.15, 0.2) is 0 Å². The highest BCUT2D eigenvalue weighted by atomic mass is 16.5. The molecule has 0 aromatic rings. The van der Waals surface area contributed by atoms with Crippen LogP contribution in [0.1, 0.15) is 40.5 Å². The number of ether oxygens (including phenoxy) is 1. The molecule has 5 heteroatoms. The van der Waals surface area contributed by atoms with Crippen molar-refractivity contribution in [3.05, 3.63) is 0 Å². The van der Waals surface area contributed by atoms with Gasteiger partial charge in [-0.3, -0.25) is 9.59 Å². The highest BCUT2D eigenvalue weighted by molar-refractivity contribution is 5.98. The van der Waals surface area contributed by atoms with E-state index in [2.05, 4.69) is 0 Å². The predicted octanol–water partition coefficient (Wildman–Crippen LogP) is 1.20. The van der Waals surface area contributed by atoms with E-state index in [9.17, 15) is 9.59 Å². The van der Waals surface area contributed by atoms with E-state index in [1.54, 1.807) is 11.8 Å². The first-order valence-electron chi connectivity index (χ1n) is 6.90. The fourth-order valence-electron chi connectivity index (χ4n) is 2.18. The second-order valence-corrected chi connectivity index (χ2v) is 6.04. The molecule has 0 radical (unpaired) electrons. The summed E-state index contributed by atoms with van der Waals surface area (Å²) in [6.07, 6.45) is 1.90. The molecule has 1 aliphatic carbocycles. The minimum absolute atomic E-state index is 0.0814. The van der Waals surface area contributed by atoms with E-state index in [0.717, 1.165) is 12.8 Å². The first-order valence-corrected chi connectivity index (χ1v) is 6.90. The maximum atomic E-state index is 12.6. The van der Waals surface area contributed by atoms with E-state index in [0.29, 0.717) is 0 Å². The lowest BCUT2D eigenvalue weighted by molar-refractivity contribution is -0.161. The van der Waals surface area contributed by atoms with Crippen LogP contribution in [-0.2, 0) is 14.3 Å². The van der Waals surface area contributed by atoms with Gasteiger partial charge in [0.1, 0.15) is 5.92 Å². The van der Waals surface area contributed by atoms with Gasteiger partial charge in [-0.2, -0.15) is 0 Å². The first kappa shape index (κ1) is 16.0. The van der Waals surface area contributed by atoms with Gasteiger partial charge in [-0.15, -0.1) is 0 Å². The first-order chi connectivity index (χ1) is 8.82. The van der Waals surface area contributed by atoms with Crippen molar-refractivity contribution in [2.24, 2.45) is 11.3 Å². The molecular weight excluding hydrogens is 246 g/mol. The number of carbonyl (C=O) groups is 2. The number of rotatable bonds is 6. The third-order valence-corrected chi connectivity index (χ3v) is 3.25. The number of aliphatic hydroxyl groups is 1. The van der Waals surface area contributed by atoms with Crippen LogP contribution in [0.25, 0.3) is 0 Å². The van der Waals surface area contributed by atoms with E-state index in [1.807, 2.05) is 20.8 Å². The van der Waals surface area contributed by atoms with Gasteiger partial charge in [0, 0.05) is 12.6 Å². The smallest absolute Gasteiger partial charge is 0.319 e. The Hall–Kier alpha value is -1.10. The van der Waals surface area contributed by atoms with E-state index in [4.69, 9.17) is 9.84 Å². The molecule has 0 heterocycles. The molecule has 1 amide bonds. The van der Waals surface area contributed by atoms with E-state index < -0.39 is 17.3 Å². The molecule has 1 atom stereocenters. The van der Waals surface area contributed by atoms with Gasteiger partial charge in [-0.25, -0.2) is 0 Å². The Morgan fingerprint density at radius 3 is 2.32 bits per heavy atom. The number of carbonyl (C=O) groups excluding carboxylic acids is 2. The molecule has 0 bridgehead atoms. The maximum absolute atomic E-state index is 12.6. The monoisotopic (exact) mass is 271 g/mol. The van der Waals surface area contributed by atoms with Gasteiger partial charge in [0.2, 0.25) is 5.91 Å². The van der Waals surface area contributed by atoms with Crippen LogP contribution in [0.2, 0.25) is 0 Å². The molecule has 0 aliphatic heterocycles. The van der Waals surface area contributed by atoms with Crippen molar-refractivity contribution in [2.75, 3.05) is 19.8 Å². The lowest BCUT2D eigenvalue weighted by Crippen LogP contribution is -2.47. The van der Waals surface area contributed by atoms with Crippen molar-refractivity contribution in [3.63, 3.8) is 0 Å². The minimum Gasteiger partial charge on any atom is -0.465 e. The van der Waals surface area contributed by atoms with Crippen molar-refractivity contribution in [1.82, 2.24) is 4.90 Å². The van der Waals surface area contributed by atoms with Crippen LogP contribution in [-0.4, -0.2) is 47.7 Å². The van der Waals surface area contributed by atoms with Crippen LogP contribution < -0.4 is 0 Å². The summed E-state index contributed by atoms with van der Waals surface area (Å²) in [7, 11) is 0. The zero-order chi connectivity index (χ0) is 14.6. The molecule has 5 nitrogen and oxygen atoms in total. The zero-order valence-electron chi connectivity index (χ0n) is 12.3. The van der Waals surface area contributed by atoms with Crippen molar-refractivity contribution in [2.45, 2.75) is 46.6 Å². The standard InChI is InChI=1S/C14H25NO4/c1-5-19-13(18)11(14(2,3)4)12(17)15(8-9-16)10-6-7-10/h10-11,16H,5-9H2,1-4H3. The van der Waals surface area contributed by atoms with Crippen LogP contribution in [0.4, 0.5) is 0 Å². The summed E-state index contributed by atoms with van der Waals surface area (Å²) >= 11 is 0. The number of amides is 1. The highest BCUT2D eigenvalue weighted by Gasteiger charge is 2.44. The van der Waals surface area contributed by atoms with Gasteiger partial charge in [-0.05, 0) is 25.2 Å². The molecule has 1 aliphatic rings. The maximum Gasteiger partial charge on any atom is 0.319 e. The second kappa shape index (κ2) is 6.37. The van der Waals surface area contributed by atoms with Gasteiger partial charge in [0.25, 0.3) is 0 Å². The zero-order valence-corrected chi connectivity index (χ0v) is 12.3. The highest BCUT2D eigenvalue weighted by Crippen LogP contribution is 2.33. The fraction of sp³-hybridized carbons (Fsp3) is 0.857. The van der Waals surface area contributed by atoms with E-state index in [-0.39, 0.29) is 31.7 Å². The molecule has 19 heavy (non-hydrogen) atoms. The number of hydrogen-bond donors (Lipinski definition) is 1. The number of nitrogens with zero attached hydrogens (tertiary/aromatic N) is 1. The third kappa shape index (κ3) is 4.20. The summed E-state index contributed by atoms with van der Waals surface area (Å²) < 4.78 is 5.03. The molecular formula is C14H25NO4. The Morgan fingerprint density at radius 1 is 1.37 bits per heavy atom. The molecule has 0 aromatic carbocycles. The fourth-order valence-corrected chi connectivity index (χ4v) is 2.18. The lowest BCUT2D eigenvalue weighted by atomic mass is 9.79. The topological polar surface area (TPSA) is 66.8 Å². The molecule has 0 spiro atoms. The third-order valence-electron chi connectivity index (χ3n) is 3.25. The minimum atomic E-state index is -0.806. The summed E-state index contributed by atoms with van der Waals surface area (Å²) in [4.78, 5) is 26.3. The molecule has 1 N–H and O–H groups in total. The average Bonchev–Trinajstić information content (AvgIpc) is 3.07. The molecule has 0 aromatic heterocycles. The molecule has 1 fully saturated rings. The van der Waals surface area contributed by atoms with E-state index >= 15 is 0 Å².